The van der Waals surface area contributed by atoms with Crippen LogP contribution in [0.4, 0.5) is 0 Å². The molecule has 4 nitrogen and oxygen atoms in total. The second-order valence-electron chi connectivity index (χ2n) is 4.22. The summed E-state index contributed by atoms with van der Waals surface area (Å²) in [5.74, 6) is 0.0707. The molecule has 0 N–H and O–H groups in total. The minimum Gasteiger partial charge on any atom is -0.294 e. The van der Waals surface area contributed by atoms with Gasteiger partial charge in [0.05, 0.1) is 12.1 Å². The number of rotatable bonds is 4. The molecule has 0 saturated heterocycles. The smallest absolute Gasteiger partial charge is 0.168 e. The molecule has 0 fully saturated rings. The third-order valence-electron chi connectivity index (χ3n) is 2.54. The van der Waals surface area contributed by atoms with E-state index < -0.39 is 0 Å². The molecule has 0 unspecified atom stereocenters. The molecule has 88 valence electrons. The number of carbonyl (C=O) groups excluding carboxylic acids is 1. The highest BCUT2D eigenvalue weighted by Crippen LogP contribution is 2.08. The zero-order valence-corrected chi connectivity index (χ0v) is 10.00. The fourth-order valence-corrected chi connectivity index (χ4v) is 1.56. The predicted molar refractivity (Wildman–Crippen MR) is 64.9 cm³/mol. The zero-order chi connectivity index (χ0) is 12.3. The Balaban J connectivity index is 2.08. The first kappa shape index (κ1) is 11.5. The van der Waals surface area contributed by atoms with Gasteiger partial charge in [-0.3, -0.25) is 14.5 Å². The van der Waals surface area contributed by atoms with Crippen molar-refractivity contribution in [1.29, 1.82) is 0 Å². The average Bonchev–Trinajstić information content (AvgIpc) is 2.79. The molecule has 0 amide bonds. The predicted octanol–water partition coefficient (Wildman–Crippen LogP) is 2.28. The first-order valence-electron chi connectivity index (χ1n) is 5.64. The molecule has 2 heterocycles. The minimum absolute atomic E-state index is 0.0707. The number of aromatic nitrogens is 3. The SMILES string of the molecule is CC(C)n1ccc(CC(=O)c2ccncc2)n1. The van der Waals surface area contributed by atoms with E-state index in [1.807, 2.05) is 16.9 Å². The van der Waals surface area contributed by atoms with Gasteiger partial charge in [0.1, 0.15) is 0 Å². The van der Waals surface area contributed by atoms with Crippen LogP contribution in [0.15, 0.2) is 36.8 Å². The van der Waals surface area contributed by atoms with Crippen LogP contribution < -0.4 is 0 Å². The molecule has 0 aromatic carbocycles. The van der Waals surface area contributed by atoms with Crippen LogP contribution in [-0.4, -0.2) is 20.5 Å². The largest absolute Gasteiger partial charge is 0.294 e. The fourth-order valence-electron chi connectivity index (χ4n) is 1.56. The van der Waals surface area contributed by atoms with Gasteiger partial charge in [0.2, 0.25) is 0 Å². The maximum atomic E-state index is 11.9. The van der Waals surface area contributed by atoms with Crippen molar-refractivity contribution in [2.24, 2.45) is 0 Å². The number of hydrogen-bond donors (Lipinski definition) is 0. The summed E-state index contributed by atoms with van der Waals surface area (Å²) in [7, 11) is 0. The van der Waals surface area contributed by atoms with Crippen molar-refractivity contribution in [2.75, 3.05) is 0 Å². The molecule has 2 aromatic heterocycles. The molecule has 17 heavy (non-hydrogen) atoms. The molecular weight excluding hydrogens is 214 g/mol. The maximum absolute atomic E-state index is 11.9. The fraction of sp³-hybridized carbons (Fsp3) is 0.308. The lowest BCUT2D eigenvalue weighted by Gasteiger charge is -2.03. The summed E-state index contributed by atoms with van der Waals surface area (Å²) in [5, 5.41) is 4.36. The van der Waals surface area contributed by atoms with E-state index in [1.54, 1.807) is 24.5 Å². The molecule has 0 aliphatic heterocycles. The van der Waals surface area contributed by atoms with Crippen molar-refractivity contribution in [2.45, 2.75) is 26.3 Å². The van der Waals surface area contributed by atoms with Gasteiger partial charge in [-0.1, -0.05) is 0 Å². The van der Waals surface area contributed by atoms with E-state index in [0.717, 1.165) is 5.69 Å². The van der Waals surface area contributed by atoms with Crippen molar-refractivity contribution in [3.63, 3.8) is 0 Å². The second-order valence-corrected chi connectivity index (χ2v) is 4.22. The van der Waals surface area contributed by atoms with Crippen LogP contribution in [0.2, 0.25) is 0 Å². The molecule has 4 heteroatoms. The van der Waals surface area contributed by atoms with Crippen LogP contribution in [0.5, 0.6) is 0 Å². The average molecular weight is 229 g/mol. The maximum Gasteiger partial charge on any atom is 0.168 e. The molecule has 0 bridgehead atoms. The normalized spacial score (nSPS) is 10.8. The highest BCUT2D eigenvalue weighted by Gasteiger charge is 2.09. The van der Waals surface area contributed by atoms with E-state index in [-0.39, 0.29) is 5.78 Å². The van der Waals surface area contributed by atoms with Crippen LogP contribution in [0, 0.1) is 0 Å². The molecular formula is C13H15N3O. The zero-order valence-electron chi connectivity index (χ0n) is 10.00. The van der Waals surface area contributed by atoms with Gasteiger partial charge in [-0.05, 0) is 32.0 Å². The van der Waals surface area contributed by atoms with Gasteiger partial charge >= 0.3 is 0 Å². The number of carbonyl (C=O) groups is 1. The summed E-state index contributed by atoms with van der Waals surface area (Å²) in [4.78, 5) is 15.8. The van der Waals surface area contributed by atoms with Crippen molar-refractivity contribution in [1.82, 2.24) is 14.8 Å². The van der Waals surface area contributed by atoms with E-state index in [9.17, 15) is 4.79 Å². The van der Waals surface area contributed by atoms with E-state index >= 15 is 0 Å². The minimum atomic E-state index is 0.0707. The van der Waals surface area contributed by atoms with Gasteiger partial charge < -0.3 is 0 Å². The quantitative estimate of drug-likeness (QED) is 0.756. The Labute approximate surface area is 100 Å². The summed E-state index contributed by atoms with van der Waals surface area (Å²) in [6.07, 6.45) is 5.49. The molecule has 0 spiro atoms. The van der Waals surface area contributed by atoms with Crippen LogP contribution in [0.25, 0.3) is 0 Å². The Morgan fingerprint density at radius 1 is 1.29 bits per heavy atom. The Morgan fingerprint density at radius 2 is 2.00 bits per heavy atom. The Kier molecular flexibility index (Phi) is 3.32. The molecule has 0 atom stereocenters. The number of ketones is 1. The van der Waals surface area contributed by atoms with Crippen LogP contribution in [0.3, 0.4) is 0 Å². The van der Waals surface area contributed by atoms with Gasteiger partial charge in [-0.2, -0.15) is 5.10 Å². The first-order valence-corrected chi connectivity index (χ1v) is 5.64. The topological polar surface area (TPSA) is 47.8 Å². The standard InChI is InChI=1S/C13H15N3O/c1-10(2)16-8-5-12(15-16)9-13(17)11-3-6-14-7-4-11/h3-8,10H,9H2,1-2H3. The van der Waals surface area contributed by atoms with Crippen LogP contribution in [-0.2, 0) is 6.42 Å². The molecule has 0 aliphatic carbocycles. The molecule has 0 saturated carbocycles. The van der Waals surface area contributed by atoms with Crippen LogP contribution >= 0.6 is 0 Å². The third kappa shape index (κ3) is 2.78. The van der Waals surface area contributed by atoms with Gasteiger partial charge in [0.15, 0.2) is 5.78 Å². The van der Waals surface area contributed by atoms with Gasteiger partial charge in [-0.25, -0.2) is 0 Å². The number of Topliss-reactive ketones (excluding diaryl/α,β-unsaturated/α-hetero) is 1. The Bertz CT molecular complexity index is 502. The number of pyridine rings is 1. The molecule has 0 aliphatic rings. The lowest BCUT2D eigenvalue weighted by Crippen LogP contribution is -2.06. The summed E-state index contributed by atoms with van der Waals surface area (Å²) in [6, 6.07) is 5.66. The van der Waals surface area contributed by atoms with E-state index in [2.05, 4.69) is 23.9 Å². The first-order chi connectivity index (χ1) is 8.16. The summed E-state index contributed by atoms with van der Waals surface area (Å²) >= 11 is 0. The van der Waals surface area contributed by atoms with E-state index in [0.29, 0.717) is 18.0 Å². The second kappa shape index (κ2) is 4.91. The van der Waals surface area contributed by atoms with Crippen LogP contribution in [0.1, 0.15) is 35.9 Å². The Hall–Kier alpha value is -1.97. The van der Waals surface area contributed by atoms with Crippen molar-refractivity contribution >= 4 is 5.78 Å². The molecule has 2 aromatic rings. The number of nitrogens with zero attached hydrogens (tertiary/aromatic N) is 3. The van der Waals surface area contributed by atoms with Gasteiger partial charge in [-0.15, -0.1) is 0 Å². The van der Waals surface area contributed by atoms with Crippen molar-refractivity contribution in [3.8, 4) is 0 Å². The monoisotopic (exact) mass is 229 g/mol. The summed E-state index contributed by atoms with van der Waals surface area (Å²) < 4.78 is 1.86. The highest BCUT2D eigenvalue weighted by molar-refractivity contribution is 5.97. The highest BCUT2D eigenvalue weighted by atomic mass is 16.1. The van der Waals surface area contributed by atoms with Crippen molar-refractivity contribution in [3.05, 3.63) is 48.0 Å². The lowest BCUT2D eigenvalue weighted by molar-refractivity contribution is 0.0991. The number of hydrogen-bond acceptors (Lipinski definition) is 3. The van der Waals surface area contributed by atoms with E-state index in [4.69, 9.17) is 0 Å². The summed E-state index contributed by atoms with van der Waals surface area (Å²) in [6.45, 7) is 4.11. The third-order valence-corrected chi connectivity index (χ3v) is 2.54. The molecule has 2 rings (SSSR count). The molecule has 0 radical (unpaired) electrons. The summed E-state index contributed by atoms with van der Waals surface area (Å²) in [5.41, 5.74) is 1.49. The Morgan fingerprint density at radius 3 is 2.59 bits per heavy atom. The van der Waals surface area contributed by atoms with E-state index in [1.165, 1.54) is 0 Å². The lowest BCUT2D eigenvalue weighted by atomic mass is 10.1. The van der Waals surface area contributed by atoms with Gasteiger partial charge in [0.25, 0.3) is 0 Å². The van der Waals surface area contributed by atoms with Crippen molar-refractivity contribution < 1.29 is 4.79 Å². The van der Waals surface area contributed by atoms with Gasteiger partial charge in [0, 0.05) is 30.2 Å².